The highest BCUT2D eigenvalue weighted by atomic mass is 35.5. The highest BCUT2D eigenvalue weighted by Gasteiger charge is 2.20. The summed E-state index contributed by atoms with van der Waals surface area (Å²) in [5, 5.41) is 6.65. The van der Waals surface area contributed by atoms with Crippen LogP contribution in [0.1, 0.15) is 19.8 Å². The van der Waals surface area contributed by atoms with E-state index in [0.717, 1.165) is 31.7 Å². The molecule has 0 bridgehead atoms. The second-order valence-corrected chi connectivity index (χ2v) is 6.92. The minimum Gasteiger partial charge on any atom is -0.495 e. The van der Waals surface area contributed by atoms with Crippen molar-refractivity contribution in [2.24, 2.45) is 0 Å². The van der Waals surface area contributed by atoms with Crippen LogP contribution in [0.5, 0.6) is 5.75 Å². The summed E-state index contributed by atoms with van der Waals surface area (Å²) in [5.41, 5.74) is 0.779. The summed E-state index contributed by atoms with van der Waals surface area (Å²) >= 11 is 6.02. The molecule has 2 N–H and O–H groups in total. The summed E-state index contributed by atoms with van der Waals surface area (Å²) in [6.07, 6.45) is 1.27. The van der Waals surface area contributed by atoms with E-state index in [1.807, 2.05) is 11.8 Å². The molecule has 27 heavy (non-hydrogen) atoms. The van der Waals surface area contributed by atoms with Crippen LogP contribution in [0.4, 0.5) is 5.69 Å². The molecule has 0 radical (unpaired) electrons. The van der Waals surface area contributed by atoms with E-state index in [4.69, 9.17) is 16.3 Å². The Morgan fingerprint density at radius 2 is 2.04 bits per heavy atom. The first-order valence-corrected chi connectivity index (χ1v) is 9.75. The molecule has 2 amide bonds. The van der Waals surface area contributed by atoms with Gasteiger partial charge in [0.25, 0.3) is 0 Å². The zero-order valence-corrected chi connectivity index (χ0v) is 16.8. The van der Waals surface area contributed by atoms with Crippen LogP contribution in [0.2, 0.25) is 5.02 Å². The topological polar surface area (TPSA) is 73.9 Å². The molecule has 1 aliphatic rings. The Bertz CT molecular complexity index is 641. The average Bonchev–Trinajstić information content (AvgIpc) is 2.87. The fraction of sp³-hybridized carbons (Fsp3) is 0.579. The lowest BCUT2D eigenvalue weighted by molar-refractivity contribution is -0.130. The van der Waals surface area contributed by atoms with Crippen LogP contribution < -0.4 is 15.4 Å². The van der Waals surface area contributed by atoms with Gasteiger partial charge in [0.2, 0.25) is 11.8 Å². The molecule has 2 rings (SSSR count). The van der Waals surface area contributed by atoms with Crippen molar-refractivity contribution in [3.8, 4) is 5.75 Å². The number of ether oxygens (including phenoxy) is 1. The van der Waals surface area contributed by atoms with Crippen LogP contribution in [0.25, 0.3) is 0 Å². The molecule has 0 aliphatic carbocycles. The van der Waals surface area contributed by atoms with E-state index in [1.165, 1.54) is 0 Å². The second kappa shape index (κ2) is 11.0. The zero-order valence-electron chi connectivity index (χ0n) is 16.1. The molecule has 1 aromatic rings. The second-order valence-electron chi connectivity index (χ2n) is 6.49. The van der Waals surface area contributed by atoms with Crippen LogP contribution >= 0.6 is 11.6 Å². The third-order valence-corrected chi connectivity index (χ3v) is 4.73. The van der Waals surface area contributed by atoms with E-state index in [2.05, 4.69) is 15.5 Å². The number of carbonyl (C=O) groups excluding carboxylic acids is 2. The molecular formula is C19H29ClN4O3. The smallest absolute Gasteiger partial charge is 0.234 e. The van der Waals surface area contributed by atoms with Crippen molar-refractivity contribution in [2.45, 2.75) is 19.8 Å². The highest BCUT2D eigenvalue weighted by Crippen LogP contribution is 2.27. The number of hydrogen-bond acceptors (Lipinski definition) is 5. The highest BCUT2D eigenvalue weighted by molar-refractivity contribution is 6.30. The predicted octanol–water partition coefficient (Wildman–Crippen LogP) is 1.82. The van der Waals surface area contributed by atoms with Crippen molar-refractivity contribution in [2.75, 3.05) is 58.2 Å². The van der Waals surface area contributed by atoms with E-state index in [0.29, 0.717) is 43.4 Å². The third kappa shape index (κ3) is 6.92. The van der Waals surface area contributed by atoms with E-state index >= 15 is 0 Å². The Balaban J connectivity index is 1.78. The van der Waals surface area contributed by atoms with Crippen molar-refractivity contribution >= 4 is 29.1 Å². The summed E-state index contributed by atoms with van der Waals surface area (Å²) in [7, 11) is 1.60. The standard InChI is InChI=1S/C19H29ClN4O3/c1-3-21-18(25)14-23-9-4-10-24(12-11-23)19(26)7-8-22-16-13-15(20)5-6-17(16)27-2/h5-6,13,22H,3-4,7-12,14H2,1-2H3,(H,21,25). The Morgan fingerprint density at radius 1 is 1.22 bits per heavy atom. The van der Waals surface area contributed by atoms with Gasteiger partial charge in [0.05, 0.1) is 19.3 Å². The first-order chi connectivity index (χ1) is 13.0. The van der Waals surface area contributed by atoms with E-state index in [9.17, 15) is 9.59 Å². The fourth-order valence-corrected chi connectivity index (χ4v) is 3.29. The summed E-state index contributed by atoms with van der Waals surface area (Å²) in [4.78, 5) is 28.2. The van der Waals surface area contributed by atoms with Crippen molar-refractivity contribution in [1.29, 1.82) is 0 Å². The maximum absolute atomic E-state index is 12.5. The van der Waals surface area contributed by atoms with Crippen LogP contribution in [0, 0.1) is 0 Å². The monoisotopic (exact) mass is 396 g/mol. The number of amides is 2. The summed E-state index contributed by atoms with van der Waals surface area (Å²) in [6, 6.07) is 5.35. The van der Waals surface area contributed by atoms with Gasteiger partial charge in [-0.1, -0.05) is 11.6 Å². The maximum Gasteiger partial charge on any atom is 0.234 e. The van der Waals surface area contributed by atoms with Gasteiger partial charge in [-0.3, -0.25) is 14.5 Å². The van der Waals surface area contributed by atoms with Crippen molar-refractivity contribution in [3.05, 3.63) is 23.2 Å². The van der Waals surface area contributed by atoms with E-state index in [1.54, 1.807) is 25.3 Å². The molecule has 150 valence electrons. The Labute approximate surface area is 166 Å². The van der Waals surface area contributed by atoms with Crippen molar-refractivity contribution in [3.63, 3.8) is 0 Å². The number of nitrogens with zero attached hydrogens (tertiary/aromatic N) is 2. The van der Waals surface area contributed by atoms with Crippen LogP contribution in [-0.4, -0.2) is 74.5 Å². The van der Waals surface area contributed by atoms with Gasteiger partial charge in [0.15, 0.2) is 0 Å². The minimum atomic E-state index is 0.0388. The largest absolute Gasteiger partial charge is 0.495 e. The molecule has 0 unspecified atom stereocenters. The van der Waals surface area contributed by atoms with Crippen LogP contribution in [-0.2, 0) is 9.59 Å². The summed E-state index contributed by atoms with van der Waals surface area (Å²) in [6.45, 7) is 6.39. The van der Waals surface area contributed by atoms with Gasteiger partial charge in [0.1, 0.15) is 5.75 Å². The maximum atomic E-state index is 12.5. The number of hydrogen-bond donors (Lipinski definition) is 2. The molecule has 0 saturated carbocycles. The number of rotatable bonds is 8. The van der Waals surface area contributed by atoms with Gasteiger partial charge in [-0.25, -0.2) is 0 Å². The lowest BCUT2D eigenvalue weighted by Gasteiger charge is -2.22. The lowest BCUT2D eigenvalue weighted by Crippen LogP contribution is -2.40. The number of anilines is 1. The van der Waals surface area contributed by atoms with Crippen LogP contribution in [0.3, 0.4) is 0 Å². The molecule has 1 saturated heterocycles. The van der Waals surface area contributed by atoms with Crippen molar-refractivity contribution in [1.82, 2.24) is 15.1 Å². The first kappa shape index (κ1) is 21.3. The number of halogens is 1. The Morgan fingerprint density at radius 3 is 2.78 bits per heavy atom. The number of methoxy groups -OCH3 is 1. The zero-order chi connectivity index (χ0) is 19.6. The molecule has 0 aromatic heterocycles. The molecule has 1 heterocycles. The number of carbonyl (C=O) groups is 2. The van der Waals surface area contributed by atoms with Gasteiger partial charge >= 0.3 is 0 Å². The third-order valence-electron chi connectivity index (χ3n) is 4.50. The molecule has 0 atom stereocenters. The summed E-state index contributed by atoms with van der Waals surface area (Å²) < 4.78 is 5.30. The van der Waals surface area contributed by atoms with Gasteiger partial charge < -0.3 is 20.3 Å². The molecule has 1 aliphatic heterocycles. The Hall–Kier alpha value is -1.99. The molecule has 7 nitrogen and oxygen atoms in total. The van der Waals surface area contributed by atoms with Gasteiger partial charge in [-0.05, 0) is 31.5 Å². The first-order valence-electron chi connectivity index (χ1n) is 9.37. The lowest BCUT2D eigenvalue weighted by atomic mass is 10.2. The number of benzene rings is 1. The number of likely N-dealkylation sites (N-methyl/N-ethyl adjacent to an activating group) is 1. The number of nitrogens with one attached hydrogen (secondary N) is 2. The normalized spacial score (nSPS) is 15.1. The van der Waals surface area contributed by atoms with Gasteiger partial charge in [-0.2, -0.15) is 0 Å². The van der Waals surface area contributed by atoms with Crippen LogP contribution in [0.15, 0.2) is 18.2 Å². The van der Waals surface area contributed by atoms with E-state index < -0.39 is 0 Å². The minimum absolute atomic E-state index is 0.0388. The van der Waals surface area contributed by atoms with E-state index in [-0.39, 0.29) is 11.8 Å². The molecule has 1 aromatic carbocycles. The molecule has 8 heteroatoms. The Kier molecular flexibility index (Phi) is 8.67. The molecule has 0 spiro atoms. The fourth-order valence-electron chi connectivity index (χ4n) is 3.12. The molecular weight excluding hydrogens is 368 g/mol. The SMILES string of the molecule is CCNC(=O)CN1CCCN(C(=O)CCNc2cc(Cl)ccc2OC)CC1. The van der Waals surface area contributed by atoms with Gasteiger partial charge in [0, 0.05) is 50.7 Å². The molecule has 1 fully saturated rings. The van der Waals surface area contributed by atoms with Crippen molar-refractivity contribution < 1.29 is 14.3 Å². The van der Waals surface area contributed by atoms with Gasteiger partial charge in [-0.15, -0.1) is 0 Å². The predicted molar refractivity (Wildman–Crippen MR) is 107 cm³/mol. The quantitative estimate of drug-likeness (QED) is 0.701. The average molecular weight is 397 g/mol. The summed E-state index contributed by atoms with van der Waals surface area (Å²) in [5.74, 6) is 0.850.